The Balaban J connectivity index is 1.88. The van der Waals surface area contributed by atoms with Gasteiger partial charge in [-0.1, -0.05) is 0 Å². The van der Waals surface area contributed by atoms with Gasteiger partial charge >= 0.3 is 12.0 Å². The van der Waals surface area contributed by atoms with E-state index < -0.39 is 18.0 Å². The van der Waals surface area contributed by atoms with Gasteiger partial charge in [0.1, 0.15) is 11.0 Å². The molecule has 2 unspecified atom stereocenters. The van der Waals surface area contributed by atoms with Crippen LogP contribution in [0.4, 0.5) is 4.79 Å². The lowest BCUT2D eigenvalue weighted by Crippen LogP contribution is -2.47. The molecule has 1 aromatic heterocycles. The summed E-state index contributed by atoms with van der Waals surface area (Å²) >= 11 is 1.51. The van der Waals surface area contributed by atoms with E-state index in [0.29, 0.717) is 0 Å². The van der Waals surface area contributed by atoms with E-state index in [2.05, 4.69) is 15.6 Å². The first kappa shape index (κ1) is 13.8. The maximum Gasteiger partial charge on any atom is 0.326 e. The molecule has 2 amide bonds. The summed E-state index contributed by atoms with van der Waals surface area (Å²) in [5, 5.41) is 15.1. The van der Waals surface area contributed by atoms with Gasteiger partial charge in [0.15, 0.2) is 0 Å². The lowest BCUT2D eigenvalue weighted by molar-refractivity contribution is -0.139. The van der Waals surface area contributed by atoms with Crippen LogP contribution in [0.15, 0.2) is 6.20 Å². The highest BCUT2D eigenvalue weighted by Gasteiger charge is 2.37. The molecule has 1 aromatic rings. The zero-order valence-corrected chi connectivity index (χ0v) is 11.7. The van der Waals surface area contributed by atoms with Gasteiger partial charge in [0.2, 0.25) is 0 Å². The van der Waals surface area contributed by atoms with Crippen LogP contribution >= 0.6 is 11.3 Å². The Hall–Kier alpha value is -1.63. The van der Waals surface area contributed by atoms with Crippen LogP contribution in [0.2, 0.25) is 0 Å². The van der Waals surface area contributed by atoms with E-state index in [9.17, 15) is 9.59 Å². The van der Waals surface area contributed by atoms with Crippen LogP contribution in [0.1, 0.15) is 35.7 Å². The molecule has 1 heterocycles. The molecule has 2 atom stereocenters. The summed E-state index contributed by atoms with van der Waals surface area (Å²) in [7, 11) is 0. The first-order valence-corrected chi connectivity index (χ1v) is 7.01. The normalized spacial score (nSPS) is 17.6. The van der Waals surface area contributed by atoms with Crippen LogP contribution < -0.4 is 10.6 Å². The summed E-state index contributed by atoms with van der Waals surface area (Å²) < 4.78 is 0. The summed E-state index contributed by atoms with van der Waals surface area (Å²) in [6, 6.07) is -1.47. The van der Waals surface area contributed by atoms with Crippen molar-refractivity contribution in [3.63, 3.8) is 0 Å². The number of thiazole rings is 1. The molecule has 19 heavy (non-hydrogen) atoms. The quantitative estimate of drug-likeness (QED) is 0.766. The number of aryl methyl sites for hydroxylation is 1. The third kappa shape index (κ3) is 3.66. The first-order valence-electron chi connectivity index (χ1n) is 6.19. The molecule has 0 bridgehead atoms. The lowest BCUT2D eigenvalue weighted by atomic mass is 10.2. The van der Waals surface area contributed by atoms with Crippen LogP contribution in [0, 0.1) is 12.8 Å². The molecule has 104 valence electrons. The van der Waals surface area contributed by atoms with Crippen LogP contribution in [-0.2, 0) is 4.79 Å². The third-order valence-electron chi connectivity index (χ3n) is 3.00. The maximum absolute atomic E-state index is 11.8. The molecule has 0 aromatic carbocycles. The van der Waals surface area contributed by atoms with Crippen molar-refractivity contribution in [1.82, 2.24) is 15.6 Å². The highest BCUT2D eigenvalue weighted by atomic mass is 32.1. The Morgan fingerprint density at radius 3 is 2.63 bits per heavy atom. The summed E-state index contributed by atoms with van der Waals surface area (Å²) in [6.45, 7) is 3.77. The van der Waals surface area contributed by atoms with Gasteiger partial charge in [0.05, 0.1) is 6.04 Å². The lowest BCUT2D eigenvalue weighted by Gasteiger charge is -2.16. The zero-order chi connectivity index (χ0) is 14.0. The molecular formula is C12H17N3O3S. The fourth-order valence-electron chi connectivity index (χ4n) is 1.82. The van der Waals surface area contributed by atoms with Crippen LogP contribution in [-0.4, -0.2) is 28.1 Å². The summed E-state index contributed by atoms with van der Waals surface area (Å²) in [4.78, 5) is 28.1. The van der Waals surface area contributed by atoms with E-state index in [1.54, 1.807) is 6.20 Å². The number of amides is 2. The highest BCUT2D eigenvalue weighted by Crippen LogP contribution is 2.32. The van der Waals surface area contributed by atoms with Crippen molar-refractivity contribution < 1.29 is 14.7 Å². The smallest absolute Gasteiger partial charge is 0.326 e. The number of rotatable bonds is 5. The van der Waals surface area contributed by atoms with Crippen molar-refractivity contribution >= 4 is 23.3 Å². The number of aromatic nitrogens is 1. The molecule has 0 spiro atoms. The van der Waals surface area contributed by atoms with E-state index in [1.807, 2.05) is 13.8 Å². The number of carbonyl (C=O) groups is 2. The molecule has 1 aliphatic rings. The van der Waals surface area contributed by atoms with Crippen molar-refractivity contribution in [3.8, 4) is 0 Å². The molecule has 7 heteroatoms. The maximum atomic E-state index is 11.8. The molecule has 1 fully saturated rings. The number of aliphatic carboxylic acids is 1. The van der Waals surface area contributed by atoms with Gasteiger partial charge in [-0.25, -0.2) is 14.6 Å². The number of nitrogens with one attached hydrogen (secondary N) is 2. The fraction of sp³-hybridized carbons (Fsp3) is 0.583. The first-order chi connectivity index (χ1) is 8.97. The minimum atomic E-state index is -0.976. The number of nitrogens with zero attached hydrogens (tertiary/aromatic N) is 1. The van der Waals surface area contributed by atoms with Gasteiger partial charge in [0, 0.05) is 11.1 Å². The molecule has 6 nitrogen and oxygen atoms in total. The number of urea groups is 1. The Morgan fingerprint density at radius 2 is 2.16 bits per heavy atom. The van der Waals surface area contributed by atoms with Crippen LogP contribution in [0.5, 0.6) is 0 Å². The Labute approximate surface area is 115 Å². The Morgan fingerprint density at radius 1 is 1.47 bits per heavy atom. The van der Waals surface area contributed by atoms with E-state index in [0.717, 1.165) is 22.7 Å². The predicted molar refractivity (Wildman–Crippen MR) is 71.1 cm³/mol. The van der Waals surface area contributed by atoms with Crippen molar-refractivity contribution in [3.05, 3.63) is 16.1 Å². The summed E-state index contributed by atoms with van der Waals surface area (Å²) in [5.41, 5.74) is 0. The Bertz CT molecular complexity index is 484. The molecule has 1 saturated carbocycles. The zero-order valence-electron chi connectivity index (χ0n) is 10.8. The van der Waals surface area contributed by atoms with E-state index in [1.165, 1.54) is 11.3 Å². The average molecular weight is 283 g/mol. The largest absolute Gasteiger partial charge is 0.480 e. The Kier molecular flexibility index (Phi) is 4.04. The predicted octanol–water partition coefficient (Wildman–Crippen LogP) is 1.67. The van der Waals surface area contributed by atoms with Gasteiger partial charge in [-0.05, 0) is 32.6 Å². The van der Waals surface area contributed by atoms with E-state index >= 15 is 0 Å². The van der Waals surface area contributed by atoms with Crippen molar-refractivity contribution in [2.45, 2.75) is 38.8 Å². The average Bonchev–Trinajstić information content (AvgIpc) is 3.07. The molecule has 2 rings (SSSR count). The molecule has 0 radical (unpaired) electrons. The summed E-state index contributed by atoms with van der Waals surface area (Å²) in [5.74, 6) is -0.906. The molecule has 1 aliphatic carbocycles. The summed E-state index contributed by atoms with van der Waals surface area (Å²) in [6.07, 6.45) is 3.47. The standard InChI is InChI=1S/C12H17N3O3S/c1-6-5-13-10(19-6)7(2)14-12(18)15-9(11(16)17)8-3-4-8/h5,7-9H,3-4H2,1-2H3,(H,16,17)(H2,14,15,18). The fourth-order valence-corrected chi connectivity index (χ4v) is 2.60. The third-order valence-corrected chi connectivity index (χ3v) is 4.10. The SMILES string of the molecule is Cc1cnc(C(C)NC(=O)NC(C(=O)O)C2CC2)s1. The van der Waals surface area contributed by atoms with Crippen molar-refractivity contribution in [2.24, 2.45) is 5.92 Å². The van der Waals surface area contributed by atoms with Crippen molar-refractivity contribution in [1.29, 1.82) is 0 Å². The highest BCUT2D eigenvalue weighted by molar-refractivity contribution is 7.11. The van der Waals surface area contributed by atoms with Crippen molar-refractivity contribution in [2.75, 3.05) is 0 Å². The minimum absolute atomic E-state index is 0.0701. The number of carbonyl (C=O) groups excluding carboxylic acids is 1. The second-order valence-electron chi connectivity index (χ2n) is 4.80. The number of carboxylic acids is 1. The topological polar surface area (TPSA) is 91.3 Å². The van der Waals surface area contributed by atoms with Crippen LogP contribution in [0.3, 0.4) is 0 Å². The van der Waals surface area contributed by atoms with Crippen LogP contribution in [0.25, 0.3) is 0 Å². The van der Waals surface area contributed by atoms with Gasteiger partial charge in [-0.2, -0.15) is 0 Å². The second-order valence-corrected chi connectivity index (χ2v) is 6.07. The molecular weight excluding hydrogens is 266 g/mol. The second kappa shape index (κ2) is 5.56. The molecule has 0 saturated heterocycles. The monoisotopic (exact) mass is 283 g/mol. The van der Waals surface area contributed by atoms with Gasteiger partial charge in [0.25, 0.3) is 0 Å². The molecule has 0 aliphatic heterocycles. The number of carboxylic acid groups (broad SMARTS) is 1. The van der Waals surface area contributed by atoms with E-state index in [-0.39, 0.29) is 12.0 Å². The number of hydrogen-bond acceptors (Lipinski definition) is 4. The molecule has 3 N–H and O–H groups in total. The van der Waals surface area contributed by atoms with Gasteiger partial charge < -0.3 is 15.7 Å². The van der Waals surface area contributed by atoms with Gasteiger partial charge in [-0.3, -0.25) is 0 Å². The number of hydrogen-bond donors (Lipinski definition) is 3. The van der Waals surface area contributed by atoms with Gasteiger partial charge in [-0.15, -0.1) is 11.3 Å². The minimum Gasteiger partial charge on any atom is -0.480 e. The van der Waals surface area contributed by atoms with E-state index in [4.69, 9.17) is 5.11 Å².